The summed E-state index contributed by atoms with van der Waals surface area (Å²) < 4.78 is 21.6. The standard InChI is InChI=1S/C11H17N3O4S2/c12-20(17,18)6-2-5-13-11-14-9-7(10(15)16)3-1-4-8(9)19-11/h7H,1-6H2,(H,13,14)(H,15,16)(H2,12,17,18). The lowest BCUT2D eigenvalue weighted by Crippen LogP contribution is -2.19. The largest absolute Gasteiger partial charge is 0.481 e. The van der Waals surface area contributed by atoms with E-state index in [1.54, 1.807) is 0 Å². The first-order valence-electron chi connectivity index (χ1n) is 6.33. The molecule has 1 aliphatic rings. The fraction of sp³-hybridized carbons (Fsp3) is 0.636. The number of nitrogens with zero attached hydrogens (tertiary/aromatic N) is 1. The van der Waals surface area contributed by atoms with Gasteiger partial charge in [-0.15, -0.1) is 11.3 Å². The van der Waals surface area contributed by atoms with Gasteiger partial charge in [0.05, 0.1) is 11.4 Å². The van der Waals surface area contributed by atoms with Gasteiger partial charge in [-0.2, -0.15) is 0 Å². The molecule has 1 heterocycles. The first kappa shape index (κ1) is 15.2. The quantitative estimate of drug-likeness (QED) is 0.665. The molecule has 1 aliphatic carbocycles. The zero-order chi connectivity index (χ0) is 14.8. The number of fused-ring (bicyclic) bond motifs is 1. The number of aliphatic carboxylic acids is 1. The Morgan fingerprint density at radius 1 is 1.55 bits per heavy atom. The maximum absolute atomic E-state index is 11.2. The Hall–Kier alpha value is -1.19. The Morgan fingerprint density at radius 3 is 2.95 bits per heavy atom. The molecule has 0 fully saturated rings. The summed E-state index contributed by atoms with van der Waals surface area (Å²) >= 11 is 1.45. The highest BCUT2D eigenvalue weighted by Gasteiger charge is 2.29. The third-order valence-corrected chi connectivity index (χ3v) is 5.08. The van der Waals surface area contributed by atoms with Gasteiger partial charge in [0, 0.05) is 11.4 Å². The molecule has 0 aliphatic heterocycles. The number of carbonyl (C=O) groups is 1. The molecule has 1 unspecified atom stereocenters. The highest BCUT2D eigenvalue weighted by molar-refractivity contribution is 7.89. The minimum absolute atomic E-state index is 0.0805. The third kappa shape index (κ3) is 3.90. The van der Waals surface area contributed by atoms with E-state index in [1.165, 1.54) is 11.3 Å². The normalized spacial score (nSPS) is 18.6. The second-order valence-electron chi connectivity index (χ2n) is 4.76. The Labute approximate surface area is 121 Å². The number of hydrogen-bond donors (Lipinski definition) is 3. The predicted molar refractivity (Wildman–Crippen MR) is 76.5 cm³/mol. The van der Waals surface area contributed by atoms with Crippen molar-refractivity contribution in [2.45, 2.75) is 31.6 Å². The van der Waals surface area contributed by atoms with Gasteiger partial charge in [0.2, 0.25) is 10.0 Å². The van der Waals surface area contributed by atoms with Gasteiger partial charge in [-0.1, -0.05) is 0 Å². The number of nitrogens with one attached hydrogen (secondary N) is 1. The minimum Gasteiger partial charge on any atom is -0.481 e. The second-order valence-corrected chi connectivity index (χ2v) is 7.58. The molecule has 0 bridgehead atoms. The Kier molecular flexibility index (Phi) is 4.61. The van der Waals surface area contributed by atoms with E-state index in [0.717, 1.165) is 17.7 Å². The predicted octanol–water partition coefficient (Wildman–Crippen LogP) is 0.738. The van der Waals surface area contributed by atoms with Crippen LogP contribution in [0.4, 0.5) is 5.13 Å². The summed E-state index contributed by atoms with van der Waals surface area (Å²) in [5, 5.41) is 17.8. The van der Waals surface area contributed by atoms with Crippen LogP contribution in [0.3, 0.4) is 0 Å². The molecule has 2 rings (SSSR count). The molecular weight excluding hydrogens is 302 g/mol. The monoisotopic (exact) mass is 319 g/mol. The van der Waals surface area contributed by atoms with Gasteiger partial charge in [0.25, 0.3) is 0 Å². The number of carboxylic acids is 1. The van der Waals surface area contributed by atoms with Crippen molar-refractivity contribution in [2.24, 2.45) is 5.14 Å². The lowest BCUT2D eigenvalue weighted by Gasteiger charge is -2.16. The lowest BCUT2D eigenvalue weighted by atomic mass is 9.91. The number of primary sulfonamides is 1. The molecule has 112 valence electrons. The highest BCUT2D eigenvalue weighted by Crippen LogP contribution is 2.36. The third-order valence-electron chi connectivity index (χ3n) is 3.13. The van der Waals surface area contributed by atoms with Gasteiger partial charge < -0.3 is 10.4 Å². The maximum atomic E-state index is 11.2. The number of aromatic nitrogens is 1. The Balaban J connectivity index is 1.96. The van der Waals surface area contributed by atoms with E-state index in [9.17, 15) is 13.2 Å². The van der Waals surface area contributed by atoms with E-state index in [-0.39, 0.29) is 5.75 Å². The van der Waals surface area contributed by atoms with E-state index in [4.69, 9.17) is 10.2 Å². The highest BCUT2D eigenvalue weighted by atomic mass is 32.2. The first-order chi connectivity index (χ1) is 9.37. The molecule has 4 N–H and O–H groups in total. The number of aryl methyl sites for hydroxylation is 1. The van der Waals surface area contributed by atoms with Crippen LogP contribution in [-0.2, 0) is 21.2 Å². The van der Waals surface area contributed by atoms with Crippen molar-refractivity contribution >= 4 is 32.5 Å². The average molecular weight is 319 g/mol. The van der Waals surface area contributed by atoms with Gasteiger partial charge >= 0.3 is 5.97 Å². The molecule has 1 aromatic rings. The summed E-state index contributed by atoms with van der Waals surface area (Å²) in [7, 11) is -3.44. The van der Waals surface area contributed by atoms with Crippen molar-refractivity contribution in [1.82, 2.24) is 4.98 Å². The summed E-state index contributed by atoms with van der Waals surface area (Å²) in [6, 6.07) is 0. The number of sulfonamides is 1. The van der Waals surface area contributed by atoms with Crippen LogP contribution >= 0.6 is 11.3 Å². The zero-order valence-electron chi connectivity index (χ0n) is 10.8. The van der Waals surface area contributed by atoms with E-state index in [1.807, 2.05) is 0 Å². The van der Waals surface area contributed by atoms with Crippen LogP contribution in [0, 0.1) is 0 Å². The molecule has 0 saturated carbocycles. The topological polar surface area (TPSA) is 122 Å². The fourth-order valence-electron chi connectivity index (χ4n) is 2.20. The summed E-state index contributed by atoms with van der Waals surface area (Å²) in [4.78, 5) is 16.5. The average Bonchev–Trinajstić information content (AvgIpc) is 2.75. The molecule has 9 heteroatoms. The molecule has 7 nitrogen and oxygen atoms in total. The number of anilines is 1. The van der Waals surface area contributed by atoms with Crippen molar-refractivity contribution in [3.8, 4) is 0 Å². The summed E-state index contributed by atoms with van der Waals surface area (Å²) in [5.74, 6) is -1.44. The van der Waals surface area contributed by atoms with Crippen molar-refractivity contribution in [3.05, 3.63) is 10.6 Å². The molecule has 1 atom stereocenters. The van der Waals surface area contributed by atoms with Crippen LogP contribution < -0.4 is 10.5 Å². The summed E-state index contributed by atoms with van der Waals surface area (Å²) in [6.45, 7) is 0.445. The van der Waals surface area contributed by atoms with Crippen LogP contribution in [0.2, 0.25) is 0 Å². The second kappa shape index (κ2) is 6.06. The van der Waals surface area contributed by atoms with E-state index in [2.05, 4.69) is 10.3 Å². The molecule has 0 aromatic carbocycles. The first-order valence-corrected chi connectivity index (χ1v) is 8.87. The van der Waals surface area contributed by atoms with Crippen molar-refractivity contribution in [2.75, 3.05) is 17.6 Å². The fourth-order valence-corrected chi connectivity index (χ4v) is 3.84. The smallest absolute Gasteiger partial charge is 0.312 e. The molecule has 0 radical (unpaired) electrons. The van der Waals surface area contributed by atoms with E-state index >= 15 is 0 Å². The molecular formula is C11H17N3O4S2. The number of nitrogens with two attached hydrogens (primary N) is 1. The minimum atomic E-state index is -3.44. The van der Waals surface area contributed by atoms with Crippen LogP contribution in [0.15, 0.2) is 0 Å². The Morgan fingerprint density at radius 2 is 2.30 bits per heavy atom. The Bertz CT molecular complexity index is 597. The van der Waals surface area contributed by atoms with Crippen LogP contribution in [-0.4, -0.2) is 36.8 Å². The number of hydrogen-bond acceptors (Lipinski definition) is 6. The van der Waals surface area contributed by atoms with Crippen LogP contribution in [0.1, 0.15) is 35.8 Å². The van der Waals surface area contributed by atoms with Crippen LogP contribution in [0.25, 0.3) is 0 Å². The van der Waals surface area contributed by atoms with Gasteiger partial charge in [-0.25, -0.2) is 18.5 Å². The lowest BCUT2D eigenvalue weighted by molar-refractivity contribution is -0.139. The van der Waals surface area contributed by atoms with Gasteiger partial charge in [0.1, 0.15) is 5.92 Å². The SMILES string of the molecule is NS(=O)(=O)CCCNc1nc2c(s1)CCCC2C(=O)O. The molecule has 0 amide bonds. The summed E-state index contributed by atoms with van der Waals surface area (Å²) in [6.07, 6.45) is 2.73. The molecule has 0 spiro atoms. The number of thiazole rings is 1. The molecule has 0 saturated heterocycles. The van der Waals surface area contributed by atoms with E-state index < -0.39 is 21.9 Å². The molecule has 20 heavy (non-hydrogen) atoms. The summed E-state index contributed by atoms with van der Waals surface area (Å²) in [5.41, 5.74) is 0.655. The van der Waals surface area contributed by atoms with E-state index in [0.29, 0.717) is 30.2 Å². The zero-order valence-corrected chi connectivity index (χ0v) is 12.5. The number of carboxylic acid groups (broad SMARTS) is 1. The number of rotatable bonds is 6. The van der Waals surface area contributed by atoms with Crippen LogP contribution in [0.5, 0.6) is 0 Å². The van der Waals surface area contributed by atoms with Gasteiger partial charge in [0.15, 0.2) is 5.13 Å². The van der Waals surface area contributed by atoms with Crippen molar-refractivity contribution in [3.63, 3.8) is 0 Å². The van der Waals surface area contributed by atoms with Gasteiger partial charge in [-0.3, -0.25) is 4.79 Å². The van der Waals surface area contributed by atoms with Crippen molar-refractivity contribution < 1.29 is 18.3 Å². The maximum Gasteiger partial charge on any atom is 0.312 e. The molecule has 1 aromatic heterocycles. The van der Waals surface area contributed by atoms with Gasteiger partial charge in [-0.05, 0) is 25.7 Å². The van der Waals surface area contributed by atoms with Crippen molar-refractivity contribution in [1.29, 1.82) is 0 Å².